The highest BCUT2D eigenvalue weighted by Gasteiger charge is 2.23. The predicted octanol–water partition coefficient (Wildman–Crippen LogP) is 3.32. The maximum atomic E-state index is 12.5. The lowest BCUT2D eigenvalue weighted by molar-refractivity contribution is 0.102. The van der Waals surface area contributed by atoms with Crippen LogP contribution in [0, 0.1) is 0 Å². The number of sulfonamides is 1. The quantitative estimate of drug-likeness (QED) is 0.839. The molecule has 0 bridgehead atoms. The van der Waals surface area contributed by atoms with Crippen molar-refractivity contribution in [3.63, 3.8) is 0 Å². The third-order valence-electron chi connectivity index (χ3n) is 4.02. The van der Waals surface area contributed by atoms with Crippen molar-refractivity contribution >= 4 is 21.6 Å². The summed E-state index contributed by atoms with van der Waals surface area (Å²) < 4.78 is 31.2. The van der Waals surface area contributed by atoms with Crippen LogP contribution in [0.4, 0.5) is 5.69 Å². The molecule has 2 rings (SSSR count). The Labute approximate surface area is 154 Å². The molecule has 0 aliphatic heterocycles. The van der Waals surface area contributed by atoms with E-state index in [2.05, 4.69) is 19.2 Å². The molecule has 0 saturated heterocycles. The maximum absolute atomic E-state index is 12.5. The van der Waals surface area contributed by atoms with E-state index in [0.29, 0.717) is 17.2 Å². The topological polar surface area (TPSA) is 75.7 Å². The molecule has 0 atom stereocenters. The Hall–Kier alpha value is -2.38. The van der Waals surface area contributed by atoms with Gasteiger partial charge in [0.15, 0.2) is 0 Å². The Bertz CT molecular complexity index is 888. The molecule has 140 valence electrons. The van der Waals surface area contributed by atoms with E-state index < -0.39 is 10.0 Å². The first-order chi connectivity index (χ1) is 12.2. The molecule has 0 radical (unpaired) electrons. The molecular weight excluding hydrogens is 352 g/mol. The first-order valence-electron chi connectivity index (χ1n) is 8.18. The van der Waals surface area contributed by atoms with Gasteiger partial charge in [-0.25, -0.2) is 12.7 Å². The number of ether oxygens (including phenoxy) is 1. The van der Waals surface area contributed by atoms with Crippen molar-refractivity contribution < 1.29 is 17.9 Å². The van der Waals surface area contributed by atoms with Gasteiger partial charge in [0, 0.05) is 25.3 Å². The van der Waals surface area contributed by atoms with Crippen LogP contribution in [-0.4, -0.2) is 39.8 Å². The normalized spacial score (nSPS) is 11.7. The number of methoxy groups -OCH3 is 1. The summed E-state index contributed by atoms with van der Waals surface area (Å²) in [6.07, 6.45) is 0. The number of anilines is 1. The molecule has 0 aliphatic rings. The lowest BCUT2D eigenvalue weighted by atomic mass is 10.0. The van der Waals surface area contributed by atoms with E-state index in [1.165, 1.54) is 33.3 Å². The second-order valence-corrected chi connectivity index (χ2v) is 8.50. The van der Waals surface area contributed by atoms with E-state index in [9.17, 15) is 13.2 Å². The fourth-order valence-electron chi connectivity index (χ4n) is 2.38. The van der Waals surface area contributed by atoms with Crippen LogP contribution in [0.3, 0.4) is 0 Å². The monoisotopic (exact) mass is 376 g/mol. The number of nitrogens with one attached hydrogen (secondary N) is 1. The third kappa shape index (κ3) is 4.23. The Kier molecular flexibility index (Phi) is 6.05. The number of hydrogen-bond donors (Lipinski definition) is 1. The standard InChI is InChI=1S/C19H24N2O4S/c1-13(2)14-6-8-15(9-7-14)19(22)20-16-10-11-17(25-5)18(12-16)26(23,24)21(3)4/h6-13H,1-5H3,(H,20,22). The lowest BCUT2D eigenvalue weighted by Crippen LogP contribution is -2.23. The third-order valence-corrected chi connectivity index (χ3v) is 5.86. The highest BCUT2D eigenvalue weighted by Crippen LogP contribution is 2.29. The molecule has 6 nitrogen and oxygen atoms in total. The number of benzene rings is 2. The SMILES string of the molecule is COc1ccc(NC(=O)c2ccc(C(C)C)cc2)cc1S(=O)(=O)N(C)C. The Morgan fingerprint density at radius 3 is 2.19 bits per heavy atom. The van der Waals surface area contributed by atoms with Crippen molar-refractivity contribution in [2.24, 2.45) is 0 Å². The zero-order valence-electron chi connectivity index (χ0n) is 15.6. The second-order valence-electron chi connectivity index (χ2n) is 6.38. The summed E-state index contributed by atoms with van der Waals surface area (Å²) in [4.78, 5) is 12.4. The van der Waals surface area contributed by atoms with Gasteiger partial charge in [0.1, 0.15) is 10.6 Å². The molecule has 1 N–H and O–H groups in total. The maximum Gasteiger partial charge on any atom is 0.255 e. The molecule has 0 spiro atoms. The predicted molar refractivity (Wildman–Crippen MR) is 102 cm³/mol. The molecule has 0 aliphatic carbocycles. The lowest BCUT2D eigenvalue weighted by Gasteiger charge is -2.16. The molecule has 2 aromatic rings. The number of nitrogens with zero attached hydrogens (tertiary/aromatic N) is 1. The first kappa shape index (κ1) is 19.9. The summed E-state index contributed by atoms with van der Waals surface area (Å²) in [5.74, 6) is 0.296. The number of amides is 1. The summed E-state index contributed by atoms with van der Waals surface area (Å²) in [6.45, 7) is 4.16. The molecule has 0 fully saturated rings. The van der Waals surface area contributed by atoms with Crippen LogP contribution in [0.1, 0.15) is 35.7 Å². The highest BCUT2D eigenvalue weighted by atomic mass is 32.2. The first-order valence-corrected chi connectivity index (χ1v) is 9.62. The molecule has 0 unspecified atom stereocenters. The molecule has 26 heavy (non-hydrogen) atoms. The van der Waals surface area contributed by atoms with Gasteiger partial charge in [0.25, 0.3) is 5.91 Å². The summed E-state index contributed by atoms with van der Waals surface area (Å²) in [6, 6.07) is 11.9. The summed E-state index contributed by atoms with van der Waals surface area (Å²) >= 11 is 0. The fourth-order valence-corrected chi connectivity index (χ4v) is 3.45. The van der Waals surface area contributed by atoms with Crippen molar-refractivity contribution in [3.05, 3.63) is 53.6 Å². The van der Waals surface area contributed by atoms with Crippen LogP contribution in [0.2, 0.25) is 0 Å². The number of rotatable bonds is 6. The Morgan fingerprint density at radius 2 is 1.69 bits per heavy atom. The smallest absolute Gasteiger partial charge is 0.255 e. The van der Waals surface area contributed by atoms with Crippen molar-refractivity contribution in [2.45, 2.75) is 24.7 Å². The number of carbonyl (C=O) groups excluding carboxylic acids is 1. The molecule has 1 amide bonds. The zero-order chi connectivity index (χ0) is 19.5. The molecule has 0 saturated carbocycles. The second kappa shape index (κ2) is 7.88. The highest BCUT2D eigenvalue weighted by molar-refractivity contribution is 7.89. The van der Waals surface area contributed by atoms with Gasteiger partial charge in [-0.1, -0.05) is 26.0 Å². The van der Waals surface area contributed by atoms with E-state index in [1.54, 1.807) is 18.2 Å². The van der Waals surface area contributed by atoms with Gasteiger partial charge >= 0.3 is 0 Å². The Balaban J connectivity index is 2.31. The van der Waals surface area contributed by atoms with Crippen LogP contribution in [0.25, 0.3) is 0 Å². The molecule has 0 heterocycles. The minimum Gasteiger partial charge on any atom is -0.495 e. The van der Waals surface area contributed by atoms with Crippen molar-refractivity contribution in [1.82, 2.24) is 4.31 Å². The van der Waals surface area contributed by atoms with Gasteiger partial charge in [-0.15, -0.1) is 0 Å². The average molecular weight is 376 g/mol. The van der Waals surface area contributed by atoms with Crippen molar-refractivity contribution in [2.75, 3.05) is 26.5 Å². The average Bonchev–Trinajstić information content (AvgIpc) is 2.61. The van der Waals surface area contributed by atoms with Crippen LogP contribution in [-0.2, 0) is 10.0 Å². The summed E-state index contributed by atoms with van der Waals surface area (Å²) in [5.41, 5.74) is 2.02. The van der Waals surface area contributed by atoms with Gasteiger partial charge in [0.2, 0.25) is 10.0 Å². The molecule has 2 aromatic carbocycles. The van der Waals surface area contributed by atoms with Gasteiger partial charge in [0.05, 0.1) is 7.11 Å². The zero-order valence-corrected chi connectivity index (χ0v) is 16.4. The number of hydrogen-bond acceptors (Lipinski definition) is 4. The molecular formula is C19H24N2O4S. The minimum absolute atomic E-state index is 0.00189. The Morgan fingerprint density at radius 1 is 1.08 bits per heavy atom. The van der Waals surface area contributed by atoms with E-state index in [1.807, 2.05) is 12.1 Å². The van der Waals surface area contributed by atoms with Crippen LogP contribution >= 0.6 is 0 Å². The fraction of sp³-hybridized carbons (Fsp3) is 0.316. The number of carbonyl (C=O) groups is 1. The van der Waals surface area contributed by atoms with E-state index >= 15 is 0 Å². The van der Waals surface area contributed by atoms with Gasteiger partial charge in [-0.2, -0.15) is 0 Å². The molecule has 7 heteroatoms. The van der Waals surface area contributed by atoms with Gasteiger partial charge in [-0.3, -0.25) is 4.79 Å². The summed E-state index contributed by atoms with van der Waals surface area (Å²) in [7, 11) is 0.582. The van der Waals surface area contributed by atoms with Gasteiger partial charge < -0.3 is 10.1 Å². The van der Waals surface area contributed by atoms with Crippen LogP contribution < -0.4 is 10.1 Å². The van der Waals surface area contributed by atoms with Crippen LogP contribution in [0.15, 0.2) is 47.4 Å². The van der Waals surface area contributed by atoms with E-state index in [0.717, 1.165) is 9.87 Å². The molecule has 0 aromatic heterocycles. The largest absolute Gasteiger partial charge is 0.495 e. The van der Waals surface area contributed by atoms with Crippen molar-refractivity contribution in [3.8, 4) is 5.75 Å². The van der Waals surface area contributed by atoms with Crippen LogP contribution in [0.5, 0.6) is 5.75 Å². The van der Waals surface area contributed by atoms with E-state index in [4.69, 9.17) is 4.74 Å². The van der Waals surface area contributed by atoms with Crippen molar-refractivity contribution in [1.29, 1.82) is 0 Å². The summed E-state index contributed by atoms with van der Waals surface area (Å²) in [5, 5.41) is 2.73. The minimum atomic E-state index is -3.70. The van der Waals surface area contributed by atoms with E-state index in [-0.39, 0.29) is 16.6 Å². The van der Waals surface area contributed by atoms with Gasteiger partial charge in [-0.05, 0) is 41.8 Å².